The molecule has 2 N–H and O–H groups in total. The minimum Gasteiger partial charge on any atom is -0.409 e. The third kappa shape index (κ3) is 3.01. The highest BCUT2D eigenvalue weighted by Gasteiger charge is 2.22. The van der Waals surface area contributed by atoms with Gasteiger partial charge in [0, 0.05) is 10.7 Å². The number of halogens is 1. The molecule has 0 aliphatic heterocycles. The van der Waals surface area contributed by atoms with Crippen LogP contribution >= 0.6 is 10.7 Å². The summed E-state index contributed by atoms with van der Waals surface area (Å²) in [5, 5.41) is 2.60. The summed E-state index contributed by atoms with van der Waals surface area (Å²) >= 11 is 0. The van der Waals surface area contributed by atoms with Crippen molar-refractivity contribution in [1.82, 2.24) is 14.8 Å². The van der Waals surface area contributed by atoms with Crippen LogP contribution in [-0.4, -0.2) is 29.3 Å². The van der Waals surface area contributed by atoms with Crippen molar-refractivity contribution >= 4 is 31.8 Å². The second kappa shape index (κ2) is 4.86. The molecular weight excluding hydrogens is 296 g/mol. The molecule has 2 rings (SSSR count). The molecule has 19 heavy (non-hydrogen) atoms. The SMILES string of the molecule is Nc1nc(S(=O)(=O)Cl)nn1C(=O)Oc1ccccc1. The van der Waals surface area contributed by atoms with Gasteiger partial charge >= 0.3 is 6.09 Å². The fraction of sp³-hybridized carbons (Fsp3) is 0. The Labute approximate surface area is 112 Å². The molecule has 1 heterocycles. The molecule has 0 bridgehead atoms. The molecular formula is C9H7ClN4O4S. The van der Waals surface area contributed by atoms with Crippen molar-refractivity contribution in [2.24, 2.45) is 0 Å². The summed E-state index contributed by atoms with van der Waals surface area (Å²) in [7, 11) is 0.865. The van der Waals surface area contributed by atoms with Gasteiger partial charge in [-0.05, 0) is 12.1 Å². The molecule has 0 saturated heterocycles. The van der Waals surface area contributed by atoms with Crippen molar-refractivity contribution in [3.8, 4) is 5.75 Å². The molecule has 0 unspecified atom stereocenters. The van der Waals surface area contributed by atoms with Crippen molar-refractivity contribution < 1.29 is 17.9 Å². The van der Waals surface area contributed by atoms with Gasteiger partial charge in [-0.25, -0.2) is 13.2 Å². The fourth-order valence-electron chi connectivity index (χ4n) is 1.17. The number of para-hydroxylation sites is 1. The van der Waals surface area contributed by atoms with Crippen molar-refractivity contribution in [3.63, 3.8) is 0 Å². The highest BCUT2D eigenvalue weighted by atomic mass is 35.7. The molecule has 100 valence electrons. The van der Waals surface area contributed by atoms with Gasteiger partial charge in [-0.1, -0.05) is 18.2 Å². The predicted octanol–water partition coefficient (Wildman–Crippen LogP) is 0.835. The predicted molar refractivity (Wildman–Crippen MR) is 65.3 cm³/mol. The van der Waals surface area contributed by atoms with Gasteiger partial charge in [0.1, 0.15) is 5.75 Å². The summed E-state index contributed by atoms with van der Waals surface area (Å²) in [5.41, 5.74) is 5.36. The Balaban J connectivity index is 2.28. The van der Waals surface area contributed by atoms with Crippen LogP contribution in [0, 0.1) is 0 Å². The van der Waals surface area contributed by atoms with Crippen LogP contribution in [0.1, 0.15) is 0 Å². The van der Waals surface area contributed by atoms with Gasteiger partial charge in [-0.2, -0.15) is 4.98 Å². The first-order valence-electron chi connectivity index (χ1n) is 4.82. The maximum Gasteiger partial charge on any atom is 0.443 e. The highest BCUT2D eigenvalue weighted by Crippen LogP contribution is 2.14. The standard InChI is InChI=1S/C9H7ClN4O4S/c10-19(16,17)8-12-7(11)14(13-8)9(15)18-6-4-2-1-3-5-6/h1-5H,(H2,11,12,13). The molecule has 1 aromatic carbocycles. The number of nitrogen functional groups attached to an aromatic ring is 1. The Morgan fingerprint density at radius 1 is 1.32 bits per heavy atom. The normalized spacial score (nSPS) is 11.2. The van der Waals surface area contributed by atoms with E-state index in [0.717, 1.165) is 0 Å². The van der Waals surface area contributed by atoms with E-state index in [0.29, 0.717) is 4.68 Å². The van der Waals surface area contributed by atoms with Crippen molar-refractivity contribution in [3.05, 3.63) is 30.3 Å². The molecule has 0 radical (unpaired) electrons. The van der Waals surface area contributed by atoms with Crippen LogP contribution in [0.3, 0.4) is 0 Å². The molecule has 0 amide bonds. The summed E-state index contributed by atoms with van der Waals surface area (Å²) in [6.07, 6.45) is -0.997. The van der Waals surface area contributed by atoms with Crippen LogP contribution in [0.2, 0.25) is 0 Å². The summed E-state index contributed by atoms with van der Waals surface area (Å²) < 4.78 is 27.4. The number of aromatic nitrogens is 3. The van der Waals surface area contributed by atoms with Gasteiger partial charge in [-0.15, -0.1) is 9.78 Å². The number of rotatable bonds is 2. The Hall–Kier alpha value is -2.13. The average molecular weight is 303 g/mol. The van der Waals surface area contributed by atoms with E-state index in [4.69, 9.17) is 21.2 Å². The first-order valence-corrected chi connectivity index (χ1v) is 7.13. The molecule has 0 atom stereocenters. The lowest BCUT2D eigenvalue weighted by atomic mass is 10.3. The first-order chi connectivity index (χ1) is 8.88. The minimum absolute atomic E-state index is 0.248. The second-order valence-corrected chi connectivity index (χ2v) is 5.74. The largest absolute Gasteiger partial charge is 0.443 e. The third-order valence-electron chi connectivity index (χ3n) is 1.95. The van der Waals surface area contributed by atoms with E-state index in [-0.39, 0.29) is 5.75 Å². The van der Waals surface area contributed by atoms with Gasteiger partial charge in [0.15, 0.2) is 0 Å². The summed E-state index contributed by atoms with van der Waals surface area (Å²) in [6.45, 7) is 0. The molecule has 0 saturated carbocycles. The van der Waals surface area contributed by atoms with Crippen molar-refractivity contribution in [2.75, 3.05) is 5.73 Å². The van der Waals surface area contributed by atoms with Gasteiger partial charge in [-0.3, -0.25) is 0 Å². The van der Waals surface area contributed by atoms with Crippen molar-refractivity contribution in [1.29, 1.82) is 0 Å². The zero-order chi connectivity index (χ0) is 14.0. The van der Waals surface area contributed by atoms with Crippen LogP contribution in [0.15, 0.2) is 35.5 Å². The summed E-state index contributed by atoms with van der Waals surface area (Å²) in [5.74, 6) is -0.196. The lowest BCUT2D eigenvalue weighted by Crippen LogP contribution is -2.20. The smallest absolute Gasteiger partial charge is 0.409 e. The number of anilines is 1. The highest BCUT2D eigenvalue weighted by molar-refractivity contribution is 8.13. The number of benzene rings is 1. The van der Waals surface area contributed by atoms with E-state index in [9.17, 15) is 13.2 Å². The average Bonchev–Trinajstić information content (AvgIpc) is 2.72. The number of carbonyl (C=O) groups excluding carboxylic acids is 1. The number of nitrogens with zero attached hydrogens (tertiary/aromatic N) is 3. The maximum absolute atomic E-state index is 11.7. The van der Waals surface area contributed by atoms with E-state index < -0.39 is 26.2 Å². The van der Waals surface area contributed by atoms with E-state index in [2.05, 4.69) is 10.1 Å². The van der Waals surface area contributed by atoms with Crippen LogP contribution in [0.4, 0.5) is 10.7 Å². The van der Waals surface area contributed by atoms with E-state index in [1.165, 1.54) is 12.1 Å². The number of nitrogens with two attached hydrogens (primary N) is 1. The fourth-order valence-corrected chi connectivity index (χ4v) is 1.75. The Kier molecular flexibility index (Phi) is 3.40. The van der Waals surface area contributed by atoms with Gasteiger partial charge in [0.25, 0.3) is 14.2 Å². The number of hydrogen-bond donors (Lipinski definition) is 1. The zero-order valence-corrected chi connectivity index (χ0v) is 10.8. The molecule has 2 aromatic rings. The molecule has 8 nitrogen and oxygen atoms in total. The molecule has 0 aliphatic rings. The molecule has 0 fully saturated rings. The molecule has 1 aromatic heterocycles. The molecule has 10 heteroatoms. The third-order valence-corrected chi connectivity index (χ3v) is 2.98. The van der Waals surface area contributed by atoms with Gasteiger partial charge < -0.3 is 10.5 Å². The number of hydrogen-bond acceptors (Lipinski definition) is 7. The minimum atomic E-state index is -4.17. The van der Waals surface area contributed by atoms with Crippen LogP contribution in [-0.2, 0) is 9.05 Å². The van der Waals surface area contributed by atoms with Crippen LogP contribution in [0.5, 0.6) is 5.75 Å². The Bertz CT molecular complexity index is 713. The first kappa shape index (κ1) is 13.3. The van der Waals surface area contributed by atoms with Crippen LogP contribution < -0.4 is 10.5 Å². The van der Waals surface area contributed by atoms with Gasteiger partial charge in [0.2, 0.25) is 5.95 Å². The van der Waals surface area contributed by atoms with Gasteiger partial charge in [0.05, 0.1) is 0 Å². The quantitative estimate of drug-likeness (QED) is 0.816. The summed E-state index contributed by atoms with van der Waals surface area (Å²) in [4.78, 5) is 15.0. The van der Waals surface area contributed by atoms with E-state index in [1.807, 2.05) is 0 Å². The van der Waals surface area contributed by atoms with Crippen LogP contribution in [0.25, 0.3) is 0 Å². The monoisotopic (exact) mass is 302 g/mol. The zero-order valence-electron chi connectivity index (χ0n) is 9.22. The summed E-state index contributed by atoms with van der Waals surface area (Å²) in [6, 6.07) is 8.11. The molecule has 0 spiro atoms. The topological polar surface area (TPSA) is 117 Å². The maximum atomic E-state index is 11.7. The Morgan fingerprint density at radius 3 is 2.47 bits per heavy atom. The Morgan fingerprint density at radius 2 is 1.95 bits per heavy atom. The van der Waals surface area contributed by atoms with E-state index >= 15 is 0 Å². The lowest BCUT2D eigenvalue weighted by molar-refractivity contribution is 0.199. The number of carbonyl (C=O) groups is 1. The number of ether oxygens (including phenoxy) is 1. The molecule has 0 aliphatic carbocycles. The second-order valence-electron chi connectivity index (χ2n) is 3.28. The van der Waals surface area contributed by atoms with E-state index in [1.54, 1.807) is 18.2 Å². The lowest BCUT2D eigenvalue weighted by Gasteiger charge is -2.03. The van der Waals surface area contributed by atoms with Crippen molar-refractivity contribution in [2.45, 2.75) is 5.16 Å².